The molecule has 1 N–H and O–H groups in total. The summed E-state index contributed by atoms with van der Waals surface area (Å²) in [7, 11) is 1.82. The van der Waals surface area contributed by atoms with Crippen molar-refractivity contribution in [1.29, 1.82) is 0 Å². The third-order valence-corrected chi connectivity index (χ3v) is 3.14. The maximum atomic E-state index is 13.6. The lowest BCUT2D eigenvalue weighted by Crippen LogP contribution is -2.05. The van der Waals surface area contributed by atoms with Crippen molar-refractivity contribution < 1.29 is 9.13 Å². The standard InChI is InChI=1S/C17H15FN2O/c1-19-11-12-8-14(18)10-15(9-12)21-16-6-2-4-13-5-3-7-20-17(13)16/h2-10,19H,11H2,1H3. The SMILES string of the molecule is CNCc1cc(F)cc(Oc2cccc3cccnc23)c1. The van der Waals surface area contributed by atoms with Gasteiger partial charge in [0.25, 0.3) is 0 Å². The maximum absolute atomic E-state index is 13.6. The Hall–Kier alpha value is -2.46. The molecule has 0 radical (unpaired) electrons. The second-order valence-corrected chi connectivity index (χ2v) is 4.76. The fraction of sp³-hybridized carbons (Fsp3) is 0.118. The van der Waals surface area contributed by atoms with Gasteiger partial charge in [-0.3, -0.25) is 4.98 Å². The number of rotatable bonds is 4. The lowest BCUT2D eigenvalue weighted by molar-refractivity contribution is 0.479. The highest BCUT2D eigenvalue weighted by Gasteiger charge is 2.06. The van der Waals surface area contributed by atoms with Gasteiger partial charge in [-0.1, -0.05) is 18.2 Å². The first-order valence-electron chi connectivity index (χ1n) is 6.72. The molecule has 0 saturated heterocycles. The van der Waals surface area contributed by atoms with Crippen LogP contribution in [0.4, 0.5) is 4.39 Å². The summed E-state index contributed by atoms with van der Waals surface area (Å²) in [6.45, 7) is 0.585. The fourth-order valence-corrected chi connectivity index (χ4v) is 2.27. The number of nitrogens with one attached hydrogen (secondary N) is 1. The molecule has 2 aromatic carbocycles. The van der Waals surface area contributed by atoms with Crippen molar-refractivity contribution in [3.63, 3.8) is 0 Å². The number of pyridine rings is 1. The van der Waals surface area contributed by atoms with Gasteiger partial charge in [0.1, 0.15) is 17.1 Å². The molecule has 0 aliphatic heterocycles. The van der Waals surface area contributed by atoms with Gasteiger partial charge in [0.2, 0.25) is 0 Å². The number of hydrogen-bond donors (Lipinski definition) is 1. The Balaban J connectivity index is 1.98. The molecule has 0 spiro atoms. The first kappa shape index (κ1) is 13.5. The van der Waals surface area contributed by atoms with E-state index in [1.54, 1.807) is 6.20 Å². The number of benzene rings is 2. The molecule has 0 bridgehead atoms. The number of hydrogen-bond acceptors (Lipinski definition) is 3. The van der Waals surface area contributed by atoms with Gasteiger partial charge in [-0.15, -0.1) is 0 Å². The van der Waals surface area contributed by atoms with Gasteiger partial charge in [0, 0.05) is 24.2 Å². The third kappa shape index (κ3) is 3.01. The van der Waals surface area contributed by atoms with Crippen LogP contribution < -0.4 is 10.1 Å². The predicted molar refractivity (Wildman–Crippen MR) is 81.0 cm³/mol. The average molecular weight is 282 g/mol. The van der Waals surface area contributed by atoms with E-state index in [1.807, 2.05) is 43.4 Å². The molecule has 3 nitrogen and oxygen atoms in total. The van der Waals surface area contributed by atoms with E-state index >= 15 is 0 Å². The smallest absolute Gasteiger partial charge is 0.153 e. The zero-order chi connectivity index (χ0) is 14.7. The monoisotopic (exact) mass is 282 g/mol. The number of halogens is 1. The van der Waals surface area contributed by atoms with Crippen LogP contribution in [0, 0.1) is 5.82 Å². The fourth-order valence-electron chi connectivity index (χ4n) is 2.27. The number of nitrogens with zero attached hydrogens (tertiary/aromatic N) is 1. The van der Waals surface area contributed by atoms with E-state index in [2.05, 4.69) is 10.3 Å². The summed E-state index contributed by atoms with van der Waals surface area (Å²) in [6.07, 6.45) is 1.72. The normalized spacial score (nSPS) is 10.8. The second-order valence-electron chi connectivity index (χ2n) is 4.76. The molecule has 0 amide bonds. The van der Waals surface area contributed by atoms with E-state index in [0.717, 1.165) is 16.5 Å². The van der Waals surface area contributed by atoms with Crippen LogP contribution >= 0.6 is 0 Å². The Kier molecular flexibility index (Phi) is 3.79. The largest absolute Gasteiger partial charge is 0.455 e. The summed E-state index contributed by atoms with van der Waals surface area (Å²) in [5.74, 6) is 0.776. The predicted octanol–water partition coefficient (Wildman–Crippen LogP) is 3.89. The first-order valence-corrected chi connectivity index (χ1v) is 6.72. The minimum absolute atomic E-state index is 0.314. The summed E-state index contributed by atoms with van der Waals surface area (Å²) in [4.78, 5) is 4.33. The molecule has 0 saturated carbocycles. The van der Waals surface area contributed by atoms with E-state index in [1.165, 1.54) is 12.1 Å². The molecule has 0 unspecified atom stereocenters. The van der Waals surface area contributed by atoms with Crippen molar-refractivity contribution in [2.75, 3.05) is 7.05 Å². The van der Waals surface area contributed by atoms with Crippen molar-refractivity contribution in [3.8, 4) is 11.5 Å². The molecule has 0 atom stereocenters. The molecule has 0 fully saturated rings. The summed E-state index contributed by atoms with van der Waals surface area (Å²) < 4.78 is 19.5. The van der Waals surface area contributed by atoms with Crippen LogP contribution in [0.1, 0.15) is 5.56 Å². The minimum atomic E-state index is -0.314. The van der Waals surface area contributed by atoms with Crippen molar-refractivity contribution in [2.24, 2.45) is 0 Å². The zero-order valence-corrected chi connectivity index (χ0v) is 11.6. The Morgan fingerprint density at radius 1 is 1.14 bits per heavy atom. The van der Waals surface area contributed by atoms with Crippen molar-refractivity contribution in [2.45, 2.75) is 6.54 Å². The van der Waals surface area contributed by atoms with Gasteiger partial charge in [-0.2, -0.15) is 0 Å². The molecule has 4 heteroatoms. The van der Waals surface area contributed by atoms with Crippen LogP contribution in [0.2, 0.25) is 0 Å². The van der Waals surface area contributed by atoms with Crippen molar-refractivity contribution >= 4 is 10.9 Å². The van der Waals surface area contributed by atoms with Gasteiger partial charge in [-0.05, 0) is 36.9 Å². The van der Waals surface area contributed by atoms with Crippen LogP contribution in [0.15, 0.2) is 54.7 Å². The Morgan fingerprint density at radius 2 is 2.00 bits per heavy atom. The number of aromatic nitrogens is 1. The van der Waals surface area contributed by atoms with Crippen LogP contribution in [0.5, 0.6) is 11.5 Å². The van der Waals surface area contributed by atoms with E-state index in [9.17, 15) is 4.39 Å². The quantitative estimate of drug-likeness (QED) is 0.788. The molecule has 0 aliphatic carbocycles. The van der Waals surface area contributed by atoms with Gasteiger partial charge in [-0.25, -0.2) is 4.39 Å². The van der Waals surface area contributed by atoms with E-state index in [-0.39, 0.29) is 5.82 Å². The van der Waals surface area contributed by atoms with Crippen molar-refractivity contribution in [1.82, 2.24) is 10.3 Å². The van der Waals surface area contributed by atoms with Gasteiger partial charge >= 0.3 is 0 Å². The lowest BCUT2D eigenvalue weighted by atomic mass is 10.2. The van der Waals surface area contributed by atoms with Crippen LogP contribution in [-0.2, 0) is 6.54 Å². The Morgan fingerprint density at radius 3 is 2.86 bits per heavy atom. The molecule has 0 aliphatic rings. The van der Waals surface area contributed by atoms with Gasteiger partial charge in [0.05, 0.1) is 0 Å². The summed E-state index contributed by atoms with van der Waals surface area (Å²) in [5, 5.41) is 3.99. The molecule has 21 heavy (non-hydrogen) atoms. The highest BCUT2D eigenvalue weighted by atomic mass is 19.1. The minimum Gasteiger partial charge on any atom is -0.455 e. The van der Waals surface area contributed by atoms with Gasteiger partial charge in [0.15, 0.2) is 5.75 Å². The van der Waals surface area contributed by atoms with E-state index in [0.29, 0.717) is 18.0 Å². The number of ether oxygens (including phenoxy) is 1. The number of fused-ring (bicyclic) bond motifs is 1. The Bertz CT molecular complexity index is 768. The number of para-hydroxylation sites is 1. The summed E-state index contributed by atoms with van der Waals surface area (Å²) >= 11 is 0. The van der Waals surface area contributed by atoms with Crippen LogP contribution in [-0.4, -0.2) is 12.0 Å². The third-order valence-electron chi connectivity index (χ3n) is 3.14. The van der Waals surface area contributed by atoms with E-state index < -0.39 is 0 Å². The summed E-state index contributed by atoms with van der Waals surface area (Å²) in [6, 6.07) is 14.2. The molecular formula is C17H15FN2O. The molecule has 1 heterocycles. The van der Waals surface area contributed by atoms with Crippen molar-refractivity contribution in [3.05, 3.63) is 66.1 Å². The first-order chi connectivity index (χ1) is 10.3. The summed E-state index contributed by atoms with van der Waals surface area (Å²) in [5.41, 5.74) is 1.60. The average Bonchev–Trinajstić information content (AvgIpc) is 2.47. The van der Waals surface area contributed by atoms with E-state index in [4.69, 9.17) is 4.74 Å². The molecular weight excluding hydrogens is 267 g/mol. The lowest BCUT2D eigenvalue weighted by Gasteiger charge is -2.10. The molecule has 106 valence electrons. The van der Waals surface area contributed by atoms with Crippen LogP contribution in [0.25, 0.3) is 10.9 Å². The molecule has 3 rings (SSSR count). The molecule has 1 aromatic heterocycles. The molecule has 3 aromatic rings. The zero-order valence-electron chi connectivity index (χ0n) is 11.6. The van der Waals surface area contributed by atoms with Gasteiger partial charge < -0.3 is 10.1 Å². The highest BCUT2D eigenvalue weighted by molar-refractivity contribution is 5.84. The Labute approximate surface area is 122 Å². The topological polar surface area (TPSA) is 34.1 Å². The van der Waals surface area contributed by atoms with Crippen LogP contribution in [0.3, 0.4) is 0 Å². The maximum Gasteiger partial charge on any atom is 0.153 e. The highest BCUT2D eigenvalue weighted by Crippen LogP contribution is 2.29. The second kappa shape index (κ2) is 5.89.